The van der Waals surface area contributed by atoms with Crippen molar-refractivity contribution in [2.75, 3.05) is 6.61 Å². The number of ether oxygens (including phenoxy) is 1. The SMILES string of the molecule is CCOC(=O)C1CCc2[nH]c3cc(Br)cc(C(=O)[O-])c3c2C1. The number of halogens is 1. The molecule has 2 aromatic rings. The molecule has 5 nitrogen and oxygen atoms in total. The van der Waals surface area contributed by atoms with Gasteiger partial charge in [-0.1, -0.05) is 15.9 Å². The molecule has 0 aliphatic heterocycles. The fourth-order valence-corrected chi connectivity index (χ4v) is 3.61. The van der Waals surface area contributed by atoms with Gasteiger partial charge in [0.25, 0.3) is 0 Å². The number of carboxylic acid groups (broad SMARTS) is 1. The van der Waals surface area contributed by atoms with E-state index in [0.717, 1.165) is 16.8 Å². The van der Waals surface area contributed by atoms with Crippen molar-refractivity contribution in [3.05, 3.63) is 33.4 Å². The van der Waals surface area contributed by atoms with E-state index in [1.807, 2.05) is 6.07 Å². The van der Waals surface area contributed by atoms with E-state index < -0.39 is 5.97 Å². The summed E-state index contributed by atoms with van der Waals surface area (Å²) in [6.07, 6.45) is 1.91. The van der Waals surface area contributed by atoms with E-state index in [0.29, 0.717) is 35.7 Å². The highest BCUT2D eigenvalue weighted by Crippen LogP contribution is 2.35. The highest BCUT2D eigenvalue weighted by molar-refractivity contribution is 9.10. The maximum atomic E-state index is 12.0. The molecule has 1 aliphatic rings. The predicted octanol–water partition coefficient (Wildman–Crippen LogP) is 1.96. The molecule has 6 heteroatoms. The molecule has 0 spiro atoms. The van der Waals surface area contributed by atoms with Crippen LogP contribution < -0.4 is 5.11 Å². The molecule has 0 radical (unpaired) electrons. The summed E-state index contributed by atoms with van der Waals surface area (Å²) >= 11 is 3.32. The lowest BCUT2D eigenvalue weighted by atomic mass is 9.85. The second kappa shape index (κ2) is 5.76. The Morgan fingerprint density at radius 2 is 2.23 bits per heavy atom. The van der Waals surface area contributed by atoms with Gasteiger partial charge in [-0.05, 0) is 43.9 Å². The summed E-state index contributed by atoms with van der Waals surface area (Å²) in [4.78, 5) is 26.7. The van der Waals surface area contributed by atoms with Gasteiger partial charge in [-0.3, -0.25) is 4.79 Å². The summed E-state index contributed by atoms with van der Waals surface area (Å²) in [6.45, 7) is 2.14. The number of benzene rings is 1. The van der Waals surface area contributed by atoms with E-state index in [-0.39, 0.29) is 17.5 Å². The maximum absolute atomic E-state index is 12.0. The van der Waals surface area contributed by atoms with Crippen LogP contribution in [0.5, 0.6) is 0 Å². The molecule has 116 valence electrons. The van der Waals surface area contributed by atoms with Gasteiger partial charge in [0.2, 0.25) is 0 Å². The van der Waals surface area contributed by atoms with Crippen LogP contribution in [0, 0.1) is 5.92 Å². The second-order valence-corrected chi connectivity index (χ2v) is 6.35. The zero-order valence-corrected chi connectivity index (χ0v) is 13.7. The molecule has 0 saturated heterocycles. The Bertz CT molecular complexity index is 765. The third kappa shape index (κ3) is 2.52. The summed E-state index contributed by atoms with van der Waals surface area (Å²) in [5.74, 6) is -1.65. The van der Waals surface area contributed by atoms with Crippen LogP contribution in [0.15, 0.2) is 16.6 Å². The van der Waals surface area contributed by atoms with Gasteiger partial charge in [-0.2, -0.15) is 0 Å². The number of aryl methyl sites for hydroxylation is 1. The van der Waals surface area contributed by atoms with E-state index in [1.54, 1.807) is 13.0 Å². The van der Waals surface area contributed by atoms with Gasteiger partial charge in [0.05, 0.1) is 18.5 Å². The van der Waals surface area contributed by atoms with Crippen molar-refractivity contribution in [2.45, 2.75) is 26.2 Å². The molecule has 0 fully saturated rings. The Morgan fingerprint density at radius 1 is 1.45 bits per heavy atom. The number of fused-ring (bicyclic) bond motifs is 3. The van der Waals surface area contributed by atoms with Crippen LogP contribution in [0.2, 0.25) is 0 Å². The van der Waals surface area contributed by atoms with Crippen molar-refractivity contribution in [1.29, 1.82) is 0 Å². The first-order valence-corrected chi connectivity index (χ1v) is 8.01. The van der Waals surface area contributed by atoms with Gasteiger partial charge in [-0.25, -0.2) is 0 Å². The Morgan fingerprint density at radius 3 is 2.91 bits per heavy atom. The quantitative estimate of drug-likeness (QED) is 0.844. The molecular weight excluding hydrogens is 350 g/mol. The number of hydrogen-bond donors (Lipinski definition) is 1. The first-order chi connectivity index (χ1) is 10.5. The number of esters is 1. The van der Waals surface area contributed by atoms with Crippen molar-refractivity contribution < 1.29 is 19.4 Å². The minimum absolute atomic E-state index is 0.145. The van der Waals surface area contributed by atoms with Gasteiger partial charge in [-0.15, -0.1) is 0 Å². The normalized spacial score (nSPS) is 17.3. The molecule has 3 rings (SSSR count). The minimum atomic E-state index is -1.22. The van der Waals surface area contributed by atoms with E-state index >= 15 is 0 Å². The van der Waals surface area contributed by atoms with Gasteiger partial charge < -0.3 is 19.6 Å². The minimum Gasteiger partial charge on any atom is -0.545 e. The molecule has 0 saturated carbocycles. The van der Waals surface area contributed by atoms with Crippen LogP contribution in [-0.2, 0) is 22.4 Å². The average Bonchev–Trinajstić information content (AvgIpc) is 2.83. The molecule has 1 aromatic heterocycles. The first kappa shape index (κ1) is 15.1. The Labute approximate surface area is 135 Å². The largest absolute Gasteiger partial charge is 0.545 e. The molecule has 1 N–H and O–H groups in total. The number of hydrogen-bond acceptors (Lipinski definition) is 4. The average molecular weight is 365 g/mol. The predicted molar refractivity (Wildman–Crippen MR) is 82.5 cm³/mol. The molecule has 22 heavy (non-hydrogen) atoms. The number of nitrogens with one attached hydrogen (secondary N) is 1. The van der Waals surface area contributed by atoms with Crippen LogP contribution >= 0.6 is 15.9 Å². The lowest BCUT2D eigenvalue weighted by molar-refractivity contribution is -0.254. The zero-order valence-electron chi connectivity index (χ0n) is 12.1. The highest BCUT2D eigenvalue weighted by Gasteiger charge is 2.29. The number of aromatic amines is 1. The monoisotopic (exact) mass is 364 g/mol. The first-order valence-electron chi connectivity index (χ1n) is 7.22. The number of rotatable bonds is 3. The summed E-state index contributed by atoms with van der Waals surface area (Å²) < 4.78 is 5.78. The van der Waals surface area contributed by atoms with Crippen molar-refractivity contribution in [3.8, 4) is 0 Å². The number of aromatic carboxylic acids is 1. The topological polar surface area (TPSA) is 82.2 Å². The number of carbonyl (C=O) groups excluding carboxylic acids is 2. The van der Waals surface area contributed by atoms with E-state index in [2.05, 4.69) is 20.9 Å². The number of aromatic nitrogens is 1. The smallest absolute Gasteiger partial charge is 0.309 e. The van der Waals surface area contributed by atoms with Gasteiger partial charge in [0, 0.05) is 26.6 Å². The fourth-order valence-electron chi connectivity index (χ4n) is 3.15. The number of carbonyl (C=O) groups is 2. The molecule has 1 aromatic carbocycles. The zero-order chi connectivity index (χ0) is 15.9. The Kier molecular flexibility index (Phi) is 3.95. The van der Waals surface area contributed by atoms with Crippen molar-refractivity contribution in [2.24, 2.45) is 5.92 Å². The van der Waals surface area contributed by atoms with Crippen LogP contribution in [0.4, 0.5) is 0 Å². The molecule has 1 atom stereocenters. The lowest BCUT2D eigenvalue weighted by Crippen LogP contribution is -2.25. The van der Waals surface area contributed by atoms with Crippen molar-refractivity contribution in [1.82, 2.24) is 4.98 Å². The van der Waals surface area contributed by atoms with E-state index in [9.17, 15) is 14.7 Å². The van der Waals surface area contributed by atoms with Gasteiger partial charge >= 0.3 is 5.97 Å². The van der Waals surface area contributed by atoms with E-state index in [1.165, 1.54) is 0 Å². The van der Waals surface area contributed by atoms with Gasteiger partial charge in [0.1, 0.15) is 0 Å². The molecular formula is C16H15BrNO4-. The summed E-state index contributed by atoms with van der Waals surface area (Å²) in [7, 11) is 0. The van der Waals surface area contributed by atoms with E-state index in [4.69, 9.17) is 4.74 Å². The Balaban J connectivity index is 2.09. The molecule has 1 heterocycles. The molecule has 1 unspecified atom stereocenters. The maximum Gasteiger partial charge on any atom is 0.309 e. The second-order valence-electron chi connectivity index (χ2n) is 5.44. The fraction of sp³-hybridized carbons (Fsp3) is 0.375. The number of H-pyrrole nitrogens is 1. The number of carboxylic acids is 1. The molecule has 0 amide bonds. The van der Waals surface area contributed by atoms with Crippen molar-refractivity contribution in [3.63, 3.8) is 0 Å². The highest BCUT2D eigenvalue weighted by atomic mass is 79.9. The summed E-state index contributed by atoms with van der Waals surface area (Å²) in [5.41, 5.74) is 2.79. The van der Waals surface area contributed by atoms with Crippen molar-refractivity contribution >= 4 is 38.8 Å². The third-order valence-electron chi connectivity index (χ3n) is 4.09. The lowest BCUT2D eigenvalue weighted by Gasteiger charge is -2.21. The Hall–Kier alpha value is -1.82. The molecule has 0 bridgehead atoms. The third-order valence-corrected chi connectivity index (χ3v) is 4.55. The van der Waals surface area contributed by atoms with Crippen LogP contribution in [0.1, 0.15) is 35.0 Å². The summed E-state index contributed by atoms with van der Waals surface area (Å²) in [6, 6.07) is 3.39. The molecule has 1 aliphatic carbocycles. The summed E-state index contributed by atoms with van der Waals surface area (Å²) in [5, 5.41) is 12.1. The van der Waals surface area contributed by atoms with Crippen LogP contribution in [-0.4, -0.2) is 23.5 Å². The van der Waals surface area contributed by atoms with Gasteiger partial charge in [0.15, 0.2) is 0 Å². The van der Waals surface area contributed by atoms with Crippen LogP contribution in [0.25, 0.3) is 10.9 Å². The van der Waals surface area contributed by atoms with Crippen LogP contribution in [0.3, 0.4) is 0 Å². The standard InChI is InChI=1S/C16H16BrNO4/c1-2-22-16(21)8-3-4-12-10(5-8)14-11(15(19)20)6-9(17)7-13(14)18-12/h6-8,18H,2-5H2,1H3,(H,19,20)/p-1.